The van der Waals surface area contributed by atoms with Gasteiger partial charge in [-0.3, -0.25) is 0 Å². The number of H-pyrrole nitrogens is 1. The van der Waals surface area contributed by atoms with Gasteiger partial charge in [-0.2, -0.15) is 0 Å². The molecule has 1 aliphatic carbocycles. The quantitative estimate of drug-likeness (QED) is 0.515. The Kier molecular flexibility index (Phi) is 4.42. The number of aryl methyl sites for hydroxylation is 1. The van der Waals surface area contributed by atoms with E-state index in [-0.39, 0.29) is 0 Å². The van der Waals surface area contributed by atoms with Crippen molar-refractivity contribution in [2.24, 2.45) is 15.9 Å². The van der Waals surface area contributed by atoms with E-state index in [1.165, 1.54) is 6.42 Å². The van der Waals surface area contributed by atoms with Crippen LogP contribution in [-0.2, 0) is 0 Å². The van der Waals surface area contributed by atoms with Crippen LogP contribution >= 0.6 is 0 Å². The van der Waals surface area contributed by atoms with Crippen LogP contribution < -0.4 is 0 Å². The van der Waals surface area contributed by atoms with Gasteiger partial charge in [0, 0.05) is 41.0 Å². The minimum atomic E-state index is 0.336. The van der Waals surface area contributed by atoms with E-state index in [0.717, 1.165) is 58.2 Å². The lowest BCUT2D eigenvalue weighted by atomic mass is 9.84. The highest BCUT2D eigenvalue weighted by Crippen LogP contribution is 2.34. The van der Waals surface area contributed by atoms with Gasteiger partial charge in [-0.15, -0.1) is 0 Å². The number of amidine groups is 1. The van der Waals surface area contributed by atoms with Gasteiger partial charge in [-0.25, -0.2) is 20.0 Å². The molecule has 3 aromatic heterocycles. The number of aliphatic imine (C=N–C) groups is 2. The number of rotatable bonds is 4. The maximum atomic E-state index is 4.75. The highest BCUT2D eigenvalue weighted by molar-refractivity contribution is 5.91. The number of fused-ring (bicyclic) bond motifs is 1. The molecule has 0 unspecified atom stereocenters. The fourth-order valence-electron chi connectivity index (χ4n) is 3.83. The molecule has 140 valence electrons. The number of pyridine rings is 1. The zero-order valence-electron chi connectivity index (χ0n) is 16.5. The summed E-state index contributed by atoms with van der Waals surface area (Å²) in [5, 5.41) is 0. The standard InChI is InChI=1S/C21H26N6/c1-12(2)27-14(4)25-21-18(27)9-16(10-23-21)17-11-24-19(13(17)3)26-20(22-5)15-7-6-8-15/h9-12,15,24H,5-8H2,1-4H3/b26-20-. The predicted molar refractivity (Wildman–Crippen MR) is 111 cm³/mol. The molecule has 1 N–H and O–H groups in total. The zero-order valence-corrected chi connectivity index (χ0v) is 16.5. The summed E-state index contributed by atoms with van der Waals surface area (Å²) in [6.07, 6.45) is 7.46. The third-order valence-electron chi connectivity index (χ3n) is 5.52. The molecule has 6 nitrogen and oxygen atoms in total. The van der Waals surface area contributed by atoms with Crippen molar-refractivity contribution in [3.63, 3.8) is 0 Å². The summed E-state index contributed by atoms with van der Waals surface area (Å²) < 4.78 is 2.23. The molecular weight excluding hydrogens is 336 g/mol. The van der Waals surface area contributed by atoms with Crippen molar-refractivity contribution >= 4 is 29.5 Å². The fraction of sp³-hybridized carbons (Fsp3) is 0.429. The molecule has 0 radical (unpaired) electrons. The summed E-state index contributed by atoms with van der Waals surface area (Å²) in [6.45, 7) is 12.1. The lowest BCUT2D eigenvalue weighted by molar-refractivity contribution is 0.411. The van der Waals surface area contributed by atoms with Crippen LogP contribution in [0.3, 0.4) is 0 Å². The largest absolute Gasteiger partial charge is 0.346 e. The van der Waals surface area contributed by atoms with Crippen LogP contribution in [0.4, 0.5) is 5.82 Å². The Morgan fingerprint density at radius 1 is 1.33 bits per heavy atom. The SMILES string of the molecule is C=N/C(=N\c1[nH]cc(-c2cnc3nc(C)n(C(C)C)c3c2)c1C)C1CCC1. The minimum absolute atomic E-state index is 0.336. The van der Waals surface area contributed by atoms with Gasteiger partial charge in [0.25, 0.3) is 0 Å². The zero-order chi connectivity index (χ0) is 19.1. The van der Waals surface area contributed by atoms with Crippen molar-refractivity contribution in [1.29, 1.82) is 0 Å². The second-order valence-electron chi connectivity index (χ2n) is 7.62. The molecule has 4 rings (SSSR count). The van der Waals surface area contributed by atoms with Gasteiger partial charge in [0.05, 0.1) is 5.52 Å². The molecule has 0 spiro atoms. The van der Waals surface area contributed by atoms with Crippen molar-refractivity contribution in [3.05, 3.63) is 29.8 Å². The number of nitrogens with one attached hydrogen (secondary N) is 1. The number of hydrogen-bond donors (Lipinski definition) is 1. The summed E-state index contributed by atoms with van der Waals surface area (Å²) in [6, 6.07) is 2.51. The smallest absolute Gasteiger partial charge is 0.177 e. The Morgan fingerprint density at radius 3 is 2.74 bits per heavy atom. The van der Waals surface area contributed by atoms with Crippen molar-refractivity contribution in [2.75, 3.05) is 0 Å². The van der Waals surface area contributed by atoms with Crippen LogP contribution in [0.25, 0.3) is 22.3 Å². The number of nitrogens with zero attached hydrogens (tertiary/aromatic N) is 5. The minimum Gasteiger partial charge on any atom is -0.346 e. The van der Waals surface area contributed by atoms with Gasteiger partial charge in [0.2, 0.25) is 0 Å². The van der Waals surface area contributed by atoms with Gasteiger partial charge < -0.3 is 9.55 Å². The van der Waals surface area contributed by atoms with E-state index in [2.05, 4.69) is 58.1 Å². The van der Waals surface area contributed by atoms with Crippen LogP contribution in [0.1, 0.15) is 50.5 Å². The maximum absolute atomic E-state index is 4.75. The first-order chi connectivity index (χ1) is 13.0. The third-order valence-corrected chi connectivity index (χ3v) is 5.52. The number of imidazole rings is 1. The van der Waals surface area contributed by atoms with Crippen molar-refractivity contribution in [3.8, 4) is 11.1 Å². The number of aromatic nitrogens is 4. The molecule has 1 saturated carbocycles. The van der Waals surface area contributed by atoms with E-state index in [9.17, 15) is 0 Å². The van der Waals surface area contributed by atoms with Gasteiger partial charge in [-0.1, -0.05) is 6.42 Å². The predicted octanol–water partition coefficient (Wildman–Crippen LogP) is 5.15. The van der Waals surface area contributed by atoms with Gasteiger partial charge >= 0.3 is 0 Å². The maximum Gasteiger partial charge on any atom is 0.177 e. The topological polar surface area (TPSA) is 71.2 Å². The Bertz CT molecular complexity index is 1030. The van der Waals surface area contributed by atoms with E-state index in [0.29, 0.717) is 12.0 Å². The summed E-state index contributed by atoms with van der Waals surface area (Å²) in [5.74, 6) is 3.14. The molecule has 6 heteroatoms. The van der Waals surface area contributed by atoms with Gasteiger partial charge in [0.15, 0.2) is 5.65 Å². The molecule has 1 fully saturated rings. The van der Waals surface area contributed by atoms with Crippen molar-refractivity contribution in [2.45, 2.75) is 53.0 Å². The average Bonchev–Trinajstić information content (AvgIpc) is 3.11. The van der Waals surface area contributed by atoms with Crippen LogP contribution in [0.15, 0.2) is 28.4 Å². The van der Waals surface area contributed by atoms with Crippen molar-refractivity contribution < 1.29 is 0 Å². The number of hydrogen-bond acceptors (Lipinski definition) is 3. The fourth-order valence-corrected chi connectivity index (χ4v) is 3.83. The molecular formula is C21H26N6. The molecule has 27 heavy (non-hydrogen) atoms. The van der Waals surface area contributed by atoms with Crippen LogP contribution in [-0.4, -0.2) is 32.1 Å². The summed E-state index contributed by atoms with van der Waals surface area (Å²) in [7, 11) is 0. The molecule has 1 aliphatic rings. The van der Waals surface area contributed by atoms with E-state index in [1.807, 2.05) is 19.3 Å². The highest BCUT2D eigenvalue weighted by Gasteiger charge is 2.23. The Balaban J connectivity index is 1.76. The second kappa shape index (κ2) is 6.76. The summed E-state index contributed by atoms with van der Waals surface area (Å²) in [4.78, 5) is 21.4. The van der Waals surface area contributed by atoms with Crippen LogP contribution in [0.5, 0.6) is 0 Å². The normalized spacial score (nSPS) is 15.5. The van der Waals surface area contributed by atoms with Crippen LogP contribution in [0, 0.1) is 19.8 Å². The van der Waals surface area contributed by atoms with Gasteiger partial charge in [0.1, 0.15) is 17.5 Å². The molecule has 0 bridgehead atoms. The first-order valence-corrected chi connectivity index (χ1v) is 9.57. The van der Waals surface area contributed by atoms with Crippen molar-refractivity contribution in [1.82, 2.24) is 19.5 Å². The molecule has 3 heterocycles. The lowest BCUT2D eigenvalue weighted by Gasteiger charge is -2.24. The van der Waals surface area contributed by atoms with Gasteiger partial charge in [-0.05, 0) is 53.3 Å². The van der Waals surface area contributed by atoms with E-state index < -0.39 is 0 Å². The Morgan fingerprint density at radius 2 is 2.11 bits per heavy atom. The first kappa shape index (κ1) is 17.6. The number of aromatic amines is 1. The summed E-state index contributed by atoms with van der Waals surface area (Å²) in [5.41, 5.74) is 5.13. The van der Waals surface area contributed by atoms with E-state index >= 15 is 0 Å². The first-order valence-electron chi connectivity index (χ1n) is 9.57. The lowest BCUT2D eigenvalue weighted by Crippen LogP contribution is -2.20. The molecule has 0 saturated heterocycles. The third kappa shape index (κ3) is 2.99. The van der Waals surface area contributed by atoms with Crippen LogP contribution in [0.2, 0.25) is 0 Å². The Hall–Kier alpha value is -2.76. The van der Waals surface area contributed by atoms with E-state index in [4.69, 9.17) is 4.99 Å². The summed E-state index contributed by atoms with van der Waals surface area (Å²) >= 11 is 0. The monoisotopic (exact) mass is 362 g/mol. The highest BCUT2D eigenvalue weighted by atomic mass is 15.1. The molecule has 3 aromatic rings. The molecule has 0 amide bonds. The molecule has 0 aliphatic heterocycles. The second-order valence-corrected chi connectivity index (χ2v) is 7.62. The Labute approximate surface area is 159 Å². The molecule has 0 atom stereocenters. The van der Waals surface area contributed by atoms with E-state index in [1.54, 1.807) is 0 Å². The average molecular weight is 362 g/mol. The molecule has 0 aromatic carbocycles.